The number of aromatic nitrogens is 2. The van der Waals surface area contributed by atoms with E-state index >= 15 is 0 Å². The van der Waals surface area contributed by atoms with Crippen LogP contribution in [0.1, 0.15) is 11.8 Å². The summed E-state index contributed by atoms with van der Waals surface area (Å²) >= 11 is 0. The molecule has 24 heteroatoms. The third-order valence-corrected chi connectivity index (χ3v) is 8.18. The van der Waals surface area contributed by atoms with Crippen molar-refractivity contribution in [3.05, 3.63) is 32.6 Å². The zero-order valence-corrected chi connectivity index (χ0v) is 21.2. The van der Waals surface area contributed by atoms with E-state index in [1.807, 2.05) is 0 Å². The van der Waals surface area contributed by atoms with Crippen molar-refractivity contribution in [2.24, 2.45) is 0 Å². The number of phosphoric acid groups is 2. The standard InChI is InChI=1S/C16H23F3N2O17P2/c17-16(18,19)4-1-21(15(29)20-12(4)28)13-10(26)8(24)6(35-13)3-34-39(30,31)38-40(32,33)37-14-11(27)9(25)7(23)5(2-22)36-14/h1,5-11,13-14,22-27H,2-3H2,(H,30,31)(H,32,33)(H,20,28,29)/t5-,6-,7-,8-,9+,10-,11-,13-,14-/m1/s1. The maximum absolute atomic E-state index is 13.0. The first-order valence-corrected chi connectivity index (χ1v) is 13.7. The smallest absolute Gasteiger partial charge is 0.394 e. The molecule has 19 nitrogen and oxygen atoms in total. The van der Waals surface area contributed by atoms with Crippen molar-refractivity contribution >= 4 is 15.6 Å². The third-order valence-electron chi connectivity index (χ3n) is 5.58. The number of phosphoric ester groups is 2. The molecule has 11 atom stereocenters. The van der Waals surface area contributed by atoms with E-state index in [9.17, 15) is 67.2 Å². The maximum atomic E-state index is 13.0. The molecule has 230 valence electrons. The van der Waals surface area contributed by atoms with Gasteiger partial charge in [0.25, 0.3) is 5.56 Å². The number of nitrogens with zero attached hydrogens (tertiary/aromatic N) is 1. The van der Waals surface area contributed by atoms with Gasteiger partial charge in [-0.3, -0.25) is 23.4 Å². The molecule has 1 aromatic heterocycles. The highest BCUT2D eigenvalue weighted by atomic mass is 31.3. The fourth-order valence-corrected chi connectivity index (χ4v) is 5.76. The van der Waals surface area contributed by atoms with Gasteiger partial charge < -0.3 is 49.9 Å². The lowest BCUT2D eigenvalue weighted by molar-refractivity contribution is -0.280. The molecule has 0 saturated carbocycles. The Morgan fingerprint density at radius 2 is 1.52 bits per heavy atom. The summed E-state index contributed by atoms with van der Waals surface area (Å²) in [4.78, 5) is 44.3. The van der Waals surface area contributed by atoms with Crippen LogP contribution in [-0.4, -0.2) is 112 Å². The normalized spacial score (nSPS) is 36.2. The number of nitrogens with one attached hydrogen (secondary N) is 1. The number of rotatable bonds is 9. The lowest BCUT2D eigenvalue weighted by Crippen LogP contribution is -2.58. The highest BCUT2D eigenvalue weighted by Gasteiger charge is 2.50. The minimum Gasteiger partial charge on any atom is -0.394 e. The number of ether oxygens (including phenoxy) is 2. The first-order valence-electron chi connectivity index (χ1n) is 10.7. The van der Waals surface area contributed by atoms with Crippen molar-refractivity contribution < 1.29 is 85.6 Å². The molecule has 1 aromatic rings. The average molecular weight is 634 g/mol. The second-order valence-electron chi connectivity index (χ2n) is 8.37. The Morgan fingerprint density at radius 3 is 2.10 bits per heavy atom. The van der Waals surface area contributed by atoms with E-state index in [1.54, 1.807) is 0 Å². The van der Waals surface area contributed by atoms with Gasteiger partial charge in [0.2, 0.25) is 0 Å². The number of halogens is 3. The molecule has 2 saturated heterocycles. The summed E-state index contributed by atoms with van der Waals surface area (Å²) in [5.74, 6) is 0. The molecule has 2 fully saturated rings. The van der Waals surface area contributed by atoms with Crippen LogP contribution in [0, 0.1) is 0 Å². The van der Waals surface area contributed by atoms with Gasteiger partial charge in [0, 0.05) is 6.20 Å². The molecule has 3 rings (SSSR count). The minimum absolute atomic E-state index is 0.00343. The lowest BCUT2D eigenvalue weighted by atomic mass is 10.00. The van der Waals surface area contributed by atoms with Crippen molar-refractivity contribution in [2.45, 2.75) is 61.4 Å². The van der Waals surface area contributed by atoms with E-state index in [0.29, 0.717) is 0 Å². The lowest BCUT2D eigenvalue weighted by Gasteiger charge is -2.39. The molecule has 0 aliphatic carbocycles. The van der Waals surface area contributed by atoms with Gasteiger partial charge in [-0.25, -0.2) is 13.9 Å². The summed E-state index contributed by atoms with van der Waals surface area (Å²) in [6.45, 7) is -2.21. The highest BCUT2D eigenvalue weighted by Crippen LogP contribution is 2.61. The molecular formula is C16H23F3N2O17P2. The van der Waals surface area contributed by atoms with E-state index in [-0.39, 0.29) is 10.8 Å². The van der Waals surface area contributed by atoms with Gasteiger partial charge in [-0.05, 0) is 0 Å². The predicted octanol–water partition coefficient (Wildman–Crippen LogP) is -3.77. The Balaban J connectivity index is 1.67. The van der Waals surface area contributed by atoms with Gasteiger partial charge in [0.05, 0.1) is 13.2 Å². The van der Waals surface area contributed by atoms with Crippen LogP contribution in [0.3, 0.4) is 0 Å². The number of H-pyrrole nitrogens is 1. The Morgan fingerprint density at radius 1 is 0.925 bits per heavy atom. The van der Waals surface area contributed by atoms with Crippen LogP contribution >= 0.6 is 15.6 Å². The number of aliphatic hydroxyl groups excluding tert-OH is 6. The quantitative estimate of drug-likeness (QED) is 0.118. The Bertz CT molecular complexity index is 1270. The molecule has 40 heavy (non-hydrogen) atoms. The number of alkyl halides is 3. The summed E-state index contributed by atoms with van der Waals surface area (Å²) in [5, 5.41) is 58.6. The molecule has 2 aliphatic rings. The van der Waals surface area contributed by atoms with E-state index in [4.69, 9.17) is 14.6 Å². The highest BCUT2D eigenvalue weighted by molar-refractivity contribution is 7.61. The first-order chi connectivity index (χ1) is 18.3. The third kappa shape index (κ3) is 7.24. The summed E-state index contributed by atoms with van der Waals surface area (Å²) < 4.78 is 86.1. The second-order valence-corrected chi connectivity index (χ2v) is 11.4. The summed E-state index contributed by atoms with van der Waals surface area (Å²) in [5.41, 5.74) is -5.15. The Labute approximate surface area is 218 Å². The fraction of sp³-hybridized carbons (Fsp3) is 0.750. The summed E-state index contributed by atoms with van der Waals surface area (Å²) in [7, 11) is -11.4. The molecule has 0 amide bonds. The number of hydrogen-bond acceptors (Lipinski definition) is 15. The van der Waals surface area contributed by atoms with Crippen molar-refractivity contribution in [3.8, 4) is 0 Å². The van der Waals surface area contributed by atoms with Crippen LogP contribution in [0.2, 0.25) is 0 Å². The van der Waals surface area contributed by atoms with Crippen LogP contribution < -0.4 is 11.2 Å². The fourth-order valence-electron chi connectivity index (χ4n) is 3.60. The number of hydrogen-bond donors (Lipinski definition) is 9. The number of aliphatic hydroxyl groups is 6. The number of aromatic amines is 1. The molecular weight excluding hydrogens is 611 g/mol. The molecule has 2 unspecified atom stereocenters. The van der Waals surface area contributed by atoms with Crippen molar-refractivity contribution in [3.63, 3.8) is 0 Å². The largest absolute Gasteiger partial charge is 0.483 e. The van der Waals surface area contributed by atoms with Gasteiger partial charge >= 0.3 is 27.5 Å². The average Bonchev–Trinajstić information content (AvgIpc) is 3.10. The van der Waals surface area contributed by atoms with Gasteiger partial charge in [0.15, 0.2) is 12.5 Å². The molecule has 2 aliphatic heterocycles. The molecule has 0 aromatic carbocycles. The molecule has 3 heterocycles. The Hall–Kier alpha value is -1.59. The zero-order chi connectivity index (χ0) is 30.4. The van der Waals surface area contributed by atoms with E-state index in [1.165, 1.54) is 4.98 Å². The van der Waals surface area contributed by atoms with E-state index in [2.05, 4.69) is 13.4 Å². The van der Waals surface area contributed by atoms with Gasteiger partial charge in [-0.2, -0.15) is 17.5 Å². The maximum Gasteiger partial charge on any atom is 0.483 e. The first kappa shape index (κ1) is 32.9. The monoisotopic (exact) mass is 634 g/mol. The van der Waals surface area contributed by atoms with E-state index in [0.717, 1.165) is 0 Å². The van der Waals surface area contributed by atoms with Crippen molar-refractivity contribution in [1.29, 1.82) is 0 Å². The van der Waals surface area contributed by atoms with Crippen molar-refractivity contribution in [1.82, 2.24) is 9.55 Å². The van der Waals surface area contributed by atoms with Gasteiger partial charge in [-0.1, -0.05) is 0 Å². The molecule has 9 N–H and O–H groups in total. The van der Waals surface area contributed by atoms with E-state index < -0.39 is 107 Å². The summed E-state index contributed by atoms with van der Waals surface area (Å²) in [6.07, 6.45) is -23.5. The molecule has 0 bridgehead atoms. The van der Waals surface area contributed by atoms with Gasteiger partial charge in [0.1, 0.15) is 48.3 Å². The predicted molar refractivity (Wildman–Crippen MR) is 114 cm³/mol. The topological polar surface area (TPSA) is 297 Å². The zero-order valence-electron chi connectivity index (χ0n) is 19.4. The Kier molecular flexibility index (Phi) is 9.84. The van der Waals surface area contributed by atoms with Crippen LogP contribution in [0.25, 0.3) is 0 Å². The second kappa shape index (κ2) is 12.0. The van der Waals surface area contributed by atoms with Gasteiger partial charge in [-0.15, -0.1) is 0 Å². The van der Waals surface area contributed by atoms with Crippen LogP contribution in [0.15, 0.2) is 15.8 Å². The van der Waals surface area contributed by atoms with Crippen LogP contribution in [-0.2, 0) is 38.1 Å². The van der Waals surface area contributed by atoms with Crippen LogP contribution in [0.4, 0.5) is 13.2 Å². The minimum atomic E-state index is -5.72. The van der Waals surface area contributed by atoms with Crippen LogP contribution in [0.5, 0.6) is 0 Å². The van der Waals surface area contributed by atoms with Crippen molar-refractivity contribution in [2.75, 3.05) is 13.2 Å². The summed E-state index contributed by atoms with van der Waals surface area (Å²) in [6, 6.07) is 0. The SMILES string of the molecule is O=c1[nH]c(=O)n([C@@H]2O[C@H](COP(=O)(O)OP(=O)(O)O[C@H]3O[C@H](CO)[C@@H](O)[C@H](O)[C@H]3O)[C@@H](O)[C@H]2O)cc1C(F)(F)F. The molecule has 0 spiro atoms. The molecule has 0 radical (unpaired) electrons.